The molecule has 2 N–H and O–H groups in total. The molecule has 98 valence electrons. The van der Waals surface area contributed by atoms with Gasteiger partial charge in [-0.3, -0.25) is 4.79 Å². The van der Waals surface area contributed by atoms with E-state index in [0.717, 1.165) is 12.8 Å². The monoisotopic (exact) mass is 247 g/mol. The molecule has 0 aromatic heterocycles. The number of carbonyl (C=O) groups is 1. The van der Waals surface area contributed by atoms with Crippen LogP contribution in [-0.4, -0.2) is 30.1 Å². The molecule has 2 aliphatic carbocycles. The van der Waals surface area contributed by atoms with Crippen molar-refractivity contribution in [1.29, 1.82) is 0 Å². The molecule has 2 saturated carbocycles. The van der Waals surface area contributed by atoms with Gasteiger partial charge in [-0.05, 0) is 25.7 Å². The minimum atomic E-state index is -2.58. The predicted octanol–water partition coefficient (Wildman–Crippen LogP) is 1.70. The van der Waals surface area contributed by atoms with Gasteiger partial charge < -0.3 is 10.4 Å². The minimum absolute atomic E-state index is 0.0933. The highest BCUT2D eigenvalue weighted by atomic mass is 19.3. The summed E-state index contributed by atoms with van der Waals surface area (Å²) in [5.41, 5.74) is -0.117. The Kier molecular flexibility index (Phi) is 3.39. The van der Waals surface area contributed by atoms with E-state index in [-0.39, 0.29) is 49.5 Å². The summed E-state index contributed by atoms with van der Waals surface area (Å²) in [4.78, 5) is 11.8. The van der Waals surface area contributed by atoms with Crippen molar-refractivity contribution in [2.75, 3.05) is 13.2 Å². The van der Waals surface area contributed by atoms with Crippen LogP contribution in [-0.2, 0) is 4.79 Å². The molecule has 0 atom stereocenters. The molecule has 1 amide bonds. The number of amides is 1. The van der Waals surface area contributed by atoms with Crippen LogP contribution in [0.4, 0.5) is 8.78 Å². The fourth-order valence-electron chi connectivity index (χ4n) is 2.29. The lowest BCUT2D eigenvalue weighted by Gasteiger charge is -2.27. The molecular weight excluding hydrogens is 228 g/mol. The van der Waals surface area contributed by atoms with Crippen LogP contribution in [0, 0.1) is 11.3 Å². The Morgan fingerprint density at radius 1 is 1.24 bits per heavy atom. The third-order valence-electron chi connectivity index (χ3n) is 4.02. The highest BCUT2D eigenvalue weighted by Crippen LogP contribution is 2.44. The number of rotatable bonds is 4. The van der Waals surface area contributed by atoms with Gasteiger partial charge >= 0.3 is 0 Å². The zero-order chi connectivity index (χ0) is 12.5. The molecule has 17 heavy (non-hydrogen) atoms. The zero-order valence-corrected chi connectivity index (χ0v) is 9.85. The molecule has 0 saturated heterocycles. The van der Waals surface area contributed by atoms with E-state index in [1.807, 2.05) is 0 Å². The van der Waals surface area contributed by atoms with Gasteiger partial charge in [0.25, 0.3) is 0 Å². The maximum atomic E-state index is 12.9. The summed E-state index contributed by atoms with van der Waals surface area (Å²) in [6.07, 6.45) is 2.04. The summed E-state index contributed by atoms with van der Waals surface area (Å²) in [6.45, 7) is 0.575. The number of hydrogen-bond donors (Lipinski definition) is 2. The third-order valence-corrected chi connectivity index (χ3v) is 4.02. The van der Waals surface area contributed by atoms with E-state index in [1.165, 1.54) is 0 Å². The van der Waals surface area contributed by atoms with Crippen LogP contribution in [0.2, 0.25) is 0 Å². The van der Waals surface area contributed by atoms with Crippen LogP contribution >= 0.6 is 0 Å². The average molecular weight is 247 g/mol. The second kappa shape index (κ2) is 4.52. The van der Waals surface area contributed by atoms with Crippen LogP contribution in [0.25, 0.3) is 0 Å². The lowest BCUT2D eigenvalue weighted by Crippen LogP contribution is -2.39. The number of aliphatic hydroxyl groups is 1. The molecule has 0 aromatic carbocycles. The zero-order valence-electron chi connectivity index (χ0n) is 9.85. The highest BCUT2D eigenvalue weighted by Gasteiger charge is 2.43. The number of alkyl halides is 2. The normalized spacial score (nSPS) is 26.5. The first kappa shape index (κ1) is 12.7. The van der Waals surface area contributed by atoms with Crippen LogP contribution in [0.5, 0.6) is 0 Å². The summed E-state index contributed by atoms with van der Waals surface area (Å²) >= 11 is 0. The third kappa shape index (κ3) is 3.15. The average Bonchev–Trinajstić information content (AvgIpc) is 3.06. The van der Waals surface area contributed by atoms with Gasteiger partial charge in [0.05, 0.1) is 6.61 Å². The van der Waals surface area contributed by atoms with Crippen molar-refractivity contribution in [3.63, 3.8) is 0 Å². The molecule has 5 heteroatoms. The highest BCUT2D eigenvalue weighted by molar-refractivity contribution is 5.78. The lowest BCUT2D eigenvalue weighted by atomic mass is 9.86. The van der Waals surface area contributed by atoms with Gasteiger partial charge in [0.1, 0.15) is 0 Å². The number of aliphatic hydroxyl groups excluding tert-OH is 1. The molecule has 3 nitrogen and oxygen atoms in total. The van der Waals surface area contributed by atoms with Crippen LogP contribution in [0.3, 0.4) is 0 Å². The quantitative estimate of drug-likeness (QED) is 0.794. The van der Waals surface area contributed by atoms with Crippen molar-refractivity contribution in [2.24, 2.45) is 11.3 Å². The van der Waals surface area contributed by atoms with E-state index in [9.17, 15) is 13.6 Å². The Labute approximate surface area is 99.6 Å². The molecule has 2 aliphatic rings. The van der Waals surface area contributed by atoms with E-state index >= 15 is 0 Å². The van der Waals surface area contributed by atoms with Gasteiger partial charge in [-0.15, -0.1) is 0 Å². The molecule has 0 bridgehead atoms. The summed E-state index contributed by atoms with van der Waals surface area (Å²) < 4.78 is 25.8. The standard InChI is InChI=1S/C12H19F2NO2/c13-12(14)3-1-9(2-4-12)10(17)15-7-11(8-16)5-6-11/h9,16H,1-8H2,(H,15,17). The Bertz CT molecular complexity index is 293. The SMILES string of the molecule is O=C(NCC1(CO)CC1)C1CCC(F)(F)CC1. The molecule has 0 radical (unpaired) electrons. The van der Waals surface area contributed by atoms with Crippen LogP contribution in [0.15, 0.2) is 0 Å². The van der Waals surface area contributed by atoms with Gasteiger partial charge in [-0.25, -0.2) is 8.78 Å². The Morgan fingerprint density at radius 3 is 2.29 bits per heavy atom. The van der Waals surface area contributed by atoms with Crippen LogP contribution in [0.1, 0.15) is 38.5 Å². The second-order valence-corrected chi connectivity index (χ2v) is 5.51. The Balaban J connectivity index is 1.74. The van der Waals surface area contributed by atoms with Gasteiger partial charge in [0.15, 0.2) is 0 Å². The molecule has 2 fully saturated rings. The Hall–Kier alpha value is -0.710. The van der Waals surface area contributed by atoms with Crippen molar-refractivity contribution in [3.8, 4) is 0 Å². The first-order chi connectivity index (χ1) is 7.96. The van der Waals surface area contributed by atoms with E-state index in [0.29, 0.717) is 6.54 Å². The Morgan fingerprint density at radius 2 is 1.82 bits per heavy atom. The van der Waals surface area contributed by atoms with Gasteiger partial charge in [0.2, 0.25) is 11.8 Å². The van der Waals surface area contributed by atoms with E-state index < -0.39 is 5.92 Å². The van der Waals surface area contributed by atoms with Crippen molar-refractivity contribution in [1.82, 2.24) is 5.32 Å². The van der Waals surface area contributed by atoms with Gasteiger partial charge in [-0.1, -0.05) is 0 Å². The number of hydrogen-bond acceptors (Lipinski definition) is 2. The van der Waals surface area contributed by atoms with E-state index in [4.69, 9.17) is 5.11 Å². The summed E-state index contributed by atoms with van der Waals surface area (Å²) in [7, 11) is 0. The lowest BCUT2D eigenvalue weighted by molar-refractivity contribution is -0.129. The van der Waals surface area contributed by atoms with Crippen molar-refractivity contribution in [3.05, 3.63) is 0 Å². The number of carbonyl (C=O) groups excluding carboxylic acids is 1. The first-order valence-corrected chi connectivity index (χ1v) is 6.23. The maximum Gasteiger partial charge on any atom is 0.248 e. The van der Waals surface area contributed by atoms with Crippen LogP contribution < -0.4 is 5.32 Å². The summed E-state index contributed by atoms with van der Waals surface area (Å²) in [5.74, 6) is -2.98. The molecule has 0 unspecified atom stereocenters. The topological polar surface area (TPSA) is 49.3 Å². The number of nitrogens with one attached hydrogen (secondary N) is 1. The summed E-state index contributed by atoms with van der Waals surface area (Å²) in [5, 5.41) is 11.9. The molecule has 0 aromatic rings. The van der Waals surface area contributed by atoms with Gasteiger partial charge in [0, 0.05) is 30.7 Å². The van der Waals surface area contributed by atoms with E-state index in [2.05, 4.69) is 5.32 Å². The molecule has 0 heterocycles. The molecular formula is C12H19F2NO2. The fraction of sp³-hybridized carbons (Fsp3) is 0.917. The first-order valence-electron chi connectivity index (χ1n) is 6.23. The second-order valence-electron chi connectivity index (χ2n) is 5.51. The molecule has 0 spiro atoms. The number of halogens is 2. The summed E-state index contributed by atoms with van der Waals surface area (Å²) in [6, 6.07) is 0. The fourth-order valence-corrected chi connectivity index (χ4v) is 2.29. The van der Waals surface area contributed by atoms with E-state index in [1.54, 1.807) is 0 Å². The maximum absolute atomic E-state index is 12.9. The van der Waals surface area contributed by atoms with Gasteiger partial charge in [-0.2, -0.15) is 0 Å². The largest absolute Gasteiger partial charge is 0.396 e. The van der Waals surface area contributed by atoms with Crippen molar-refractivity contribution in [2.45, 2.75) is 44.4 Å². The van der Waals surface area contributed by atoms with Crippen molar-refractivity contribution < 1.29 is 18.7 Å². The molecule has 0 aliphatic heterocycles. The van der Waals surface area contributed by atoms with Crippen molar-refractivity contribution >= 4 is 5.91 Å². The molecule has 2 rings (SSSR count). The predicted molar refractivity (Wildman–Crippen MR) is 58.7 cm³/mol. The smallest absolute Gasteiger partial charge is 0.248 e. The minimum Gasteiger partial charge on any atom is -0.396 e.